The van der Waals surface area contributed by atoms with Gasteiger partial charge in [-0.05, 0) is 34.9 Å². The predicted molar refractivity (Wildman–Crippen MR) is 164 cm³/mol. The summed E-state index contributed by atoms with van der Waals surface area (Å²) < 4.78 is 100. The third kappa shape index (κ3) is 5.47. The van der Waals surface area contributed by atoms with Crippen molar-refractivity contribution in [1.82, 2.24) is 29.8 Å². The number of hydrogen-bond donors (Lipinski definition) is 1. The summed E-state index contributed by atoms with van der Waals surface area (Å²) in [6.45, 7) is 0.373. The van der Waals surface area contributed by atoms with E-state index in [0.29, 0.717) is 39.4 Å². The number of likely N-dealkylation sites (tertiary alicyclic amines) is 1. The van der Waals surface area contributed by atoms with Crippen LogP contribution in [0.1, 0.15) is 23.1 Å². The molecular weight excluding hydrogens is 686 g/mol. The molecule has 1 N–H and O–H groups in total. The molecule has 5 heterocycles. The molecule has 0 unspecified atom stereocenters. The van der Waals surface area contributed by atoms with Crippen molar-refractivity contribution in [2.45, 2.75) is 48.7 Å². The van der Waals surface area contributed by atoms with Gasteiger partial charge in [-0.3, -0.25) is 24.1 Å². The lowest BCUT2D eigenvalue weighted by atomic mass is 9.90. The van der Waals surface area contributed by atoms with Crippen molar-refractivity contribution in [3.8, 4) is 11.1 Å². The second-order valence-corrected chi connectivity index (χ2v) is 14.0. The van der Waals surface area contributed by atoms with Gasteiger partial charge in [0, 0.05) is 49.4 Å². The standard InChI is InChI=1S/C34H32F6N6O5/c35-24-4-1-20(2-5-24)12-46(31(18-51-19-31)34(38,39)40)28(47)14-45-29(48)32(42-30(45)49)17-33(36,37)27-7-22(3-6-26(27)32)23-8-41-44(13-23)11-21-9-43(10-21)25-15-50-16-25/h1-8,13,21,25H,9-12,14-19H2,(H,42,49)/t32-/m0/s1. The van der Waals surface area contributed by atoms with E-state index >= 15 is 8.78 Å². The first kappa shape index (κ1) is 33.7. The summed E-state index contributed by atoms with van der Waals surface area (Å²) in [4.78, 5) is 43.9. The highest BCUT2D eigenvalue weighted by Crippen LogP contribution is 2.53. The lowest BCUT2D eigenvalue weighted by Gasteiger charge is -2.50. The number of ether oxygens (including phenoxy) is 2. The minimum atomic E-state index is -4.97. The van der Waals surface area contributed by atoms with Crippen LogP contribution in [0.2, 0.25) is 0 Å². The van der Waals surface area contributed by atoms with E-state index in [1.807, 2.05) is 0 Å². The van der Waals surface area contributed by atoms with Crippen molar-refractivity contribution in [1.29, 1.82) is 0 Å². The Hall–Kier alpha value is -4.48. The van der Waals surface area contributed by atoms with Crippen LogP contribution in [0.15, 0.2) is 54.9 Å². The number of aromatic nitrogens is 2. The molecule has 17 heteroatoms. The molecule has 4 fully saturated rings. The number of carbonyl (C=O) groups is 3. The Morgan fingerprint density at radius 3 is 2.35 bits per heavy atom. The number of amides is 4. The van der Waals surface area contributed by atoms with Crippen LogP contribution in [-0.2, 0) is 43.6 Å². The van der Waals surface area contributed by atoms with Gasteiger partial charge in [0.05, 0.1) is 45.1 Å². The second kappa shape index (κ2) is 11.8. The number of benzene rings is 2. The molecule has 11 nitrogen and oxygen atoms in total. The van der Waals surface area contributed by atoms with Gasteiger partial charge in [0.1, 0.15) is 12.4 Å². The SMILES string of the molecule is O=C1N[C@]2(CC(F)(F)c3cc(-c4cnn(CC5CN(C6COC6)C5)c4)ccc32)C(=O)N1CC(=O)N(Cc1ccc(F)cc1)C1(C(F)(F)F)COC1. The molecular formula is C34H32F6N6O5. The van der Waals surface area contributed by atoms with Gasteiger partial charge in [-0.25, -0.2) is 18.0 Å². The average molecular weight is 719 g/mol. The monoisotopic (exact) mass is 718 g/mol. The summed E-state index contributed by atoms with van der Waals surface area (Å²) in [6.07, 6.45) is -2.79. The van der Waals surface area contributed by atoms with Crippen molar-refractivity contribution < 1.29 is 50.2 Å². The van der Waals surface area contributed by atoms with E-state index in [-0.39, 0.29) is 11.1 Å². The van der Waals surface area contributed by atoms with Gasteiger partial charge >= 0.3 is 12.2 Å². The summed E-state index contributed by atoms with van der Waals surface area (Å²) in [5.41, 5.74) is -4.55. The Morgan fingerprint density at radius 1 is 1.00 bits per heavy atom. The summed E-state index contributed by atoms with van der Waals surface area (Å²) >= 11 is 0. The fourth-order valence-electron chi connectivity index (χ4n) is 7.57. The number of imide groups is 1. The van der Waals surface area contributed by atoms with Crippen molar-refractivity contribution in [3.05, 3.63) is 77.4 Å². The first-order valence-corrected chi connectivity index (χ1v) is 16.4. The van der Waals surface area contributed by atoms with E-state index in [0.717, 1.165) is 38.4 Å². The van der Waals surface area contributed by atoms with Crippen LogP contribution in [0.25, 0.3) is 11.1 Å². The largest absolute Gasteiger partial charge is 0.416 e. The number of alkyl halides is 5. The van der Waals surface area contributed by atoms with Crippen LogP contribution >= 0.6 is 0 Å². The Bertz CT molecular complexity index is 1890. The topological polar surface area (TPSA) is 109 Å². The smallest absolute Gasteiger partial charge is 0.378 e. The average Bonchev–Trinajstić information content (AvgIpc) is 3.63. The highest BCUT2D eigenvalue weighted by Gasteiger charge is 2.67. The molecule has 0 saturated carbocycles. The highest BCUT2D eigenvalue weighted by atomic mass is 19.4. The highest BCUT2D eigenvalue weighted by molar-refractivity contribution is 6.10. The van der Waals surface area contributed by atoms with Gasteiger partial charge < -0.3 is 19.7 Å². The Balaban J connectivity index is 1.02. The first-order chi connectivity index (χ1) is 24.2. The quantitative estimate of drug-likeness (QED) is 0.266. The number of rotatable bonds is 9. The van der Waals surface area contributed by atoms with Gasteiger partial charge in [-0.1, -0.05) is 24.3 Å². The van der Waals surface area contributed by atoms with E-state index < -0.39 is 85.1 Å². The zero-order chi connectivity index (χ0) is 35.9. The van der Waals surface area contributed by atoms with Crippen LogP contribution < -0.4 is 5.32 Å². The van der Waals surface area contributed by atoms with E-state index in [9.17, 15) is 31.9 Å². The summed E-state index contributed by atoms with van der Waals surface area (Å²) in [5, 5.41) is 6.73. The number of hydrogen-bond acceptors (Lipinski definition) is 7. The zero-order valence-electron chi connectivity index (χ0n) is 27.0. The zero-order valence-corrected chi connectivity index (χ0v) is 27.0. The maximum Gasteiger partial charge on any atom is 0.416 e. The van der Waals surface area contributed by atoms with Gasteiger partial charge in [0.15, 0.2) is 11.1 Å². The Labute approximate surface area is 287 Å². The summed E-state index contributed by atoms with van der Waals surface area (Å²) in [5.74, 6) is -6.29. The molecule has 1 aliphatic carbocycles. The van der Waals surface area contributed by atoms with E-state index in [4.69, 9.17) is 9.47 Å². The molecule has 4 aliphatic heterocycles. The third-order valence-electron chi connectivity index (χ3n) is 10.6. The van der Waals surface area contributed by atoms with Crippen LogP contribution in [0, 0.1) is 11.7 Å². The molecule has 1 atom stereocenters. The number of halogens is 6. The molecule has 1 aromatic heterocycles. The molecule has 0 bridgehead atoms. The van der Waals surface area contributed by atoms with Crippen molar-refractivity contribution in [2.75, 3.05) is 46.1 Å². The fourth-order valence-corrected chi connectivity index (χ4v) is 7.57. The molecule has 270 valence electrons. The Morgan fingerprint density at radius 2 is 1.73 bits per heavy atom. The molecule has 51 heavy (non-hydrogen) atoms. The number of urea groups is 1. The van der Waals surface area contributed by atoms with Gasteiger partial charge in [0.2, 0.25) is 5.91 Å². The van der Waals surface area contributed by atoms with Gasteiger partial charge in [-0.2, -0.15) is 18.3 Å². The summed E-state index contributed by atoms with van der Waals surface area (Å²) in [7, 11) is 0. The lowest BCUT2D eigenvalue weighted by molar-refractivity contribution is -0.302. The van der Waals surface area contributed by atoms with Gasteiger partial charge in [0.25, 0.3) is 11.8 Å². The maximum absolute atomic E-state index is 15.7. The minimum Gasteiger partial charge on any atom is -0.378 e. The number of fused-ring (bicyclic) bond motifs is 2. The molecule has 8 rings (SSSR count). The molecule has 3 aromatic rings. The third-order valence-corrected chi connectivity index (χ3v) is 10.6. The maximum atomic E-state index is 15.7. The van der Waals surface area contributed by atoms with Crippen molar-refractivity contribution in [3.63, 3.8) is 0 Å². The van der Waals surface area contributed by atoms with Crippen LogP contribution in [-0.4, -0.2) is 106 Å². The lowest BCUT2D eigenvalue weighted by Crippen LogP contribution is -2.72. The number of nitrogens with zero attached hydrogens (tertiary/aromatic N) is 5. The van der Waals surface area contributed by atoms with Crippen molar-refractivity contribution in [2.24, 2.45) is 5.92 Å². The van der Waals surface area contributed by atoms with Crippen LogP contribution in [0.5, 0.6) is 0 Å². The first-order valence-electron chi connectivity index (χ1n) is 16.4. The summed E-state index contributed by atoms with van der Waals surface area (Å²) in [6, 6.07) is 7.79. The van der Waals surface area contributed by atoms with E-state index in [1.165, 1.54) is 30.3 Å². The number of nitrogens with one attached hydrogen (secondary N) is 1. The Kier molecular flexibility index (Phi) is 7.77. The molecule has 0 radical (unpaired) electrons. The van der Waals surface area contributed by atoms with Crippen LogP contribution in [0.3, 0.4) is 0 Å². The second-order valence-electron chi connectivity index (χ2n) is 14.0. The molecule has 4 amide bonds. The fraction of sp³-hybridized carbons (Fsp3) is 0.471. The predicted octanol–water partition coefficient (Wildman–Crippen LogP) is 3.62. The molecule has 5 aliphatic rings. The normalized spacial score (nSPS) is 24.2. The van der Waals surface area contributed by atoms with E-state index in [2.05, 4.69) is 15.3 Å². The molecule has 1 spiro atoms. The van der Waals surface area contributed by atoms with Crippen molar-refractivity contribution >= 4 is 17.8 Å². The minimum absolute atomic E-state index is 0.147. The molecule has 4 saturated heterocycles. The molecule has 2 aromatic carbocycles. The van der Waals surface area contributed by atoms with E-state index in [1.54, 1.807) is 17.1 Å². The number of carbonyl (C=O) groups excluding carboxylic acids is 3. The van der Waals surface area contributed by atoms with Gasteiger partial charge in [-0.15, -0.1) is 0 Å². The van der Waals surface area contributed by atoms with Crippen LogP contribution in [0.4, 0.5) is 31.1 Å².